The number of carbonyl (C=O) groups is 1. The molecule has 0 aliphatic heterocycles. The van der Waals surface area contributed by atoms with Gasteiger partial charge in [-0.05, 0) is 12.8 Å². The minimum absolute atomic E-state index is 0.0161. The minimum atomic E-state index is -0.0381. The normalized spacial score (nSPS) is 15.9. The Labute approximate surface area is 101 Å². The van der Waals surface area contributed by atoms with Crippen LogP contribution < -0.4 is 10.6 Å². The predicted octanol–water partition coefficient (Wildman–Crippen LogP) is 1.40. The number of hydrogen-bond acceptors (Lipinski definition) is 3. The minimum Gasteiger partial charge on any atom is -0.308 e. The Morgan fingerprint density at radius 3 is 2.76 bits per heavy atom. The largest absolute Gasteiger partial charge is 0.308 e. The van der Waals surface area contributed by atoms with Gasteiger partial charge >= 0.3 is 0 Å². The van der Waals surface area contributed by atoms with E-state index in [1.165, 1.54) is 12.8 Å². The summed E-state index contributed by atoms with van der Waals surface area (Å²) >= 11 is 0. The molecule has 1 amide bonds. The third-order valence-corrected chi connectivity index (χ3v) is 2.78. The Morgan fingerprint density at radius 2 is 2.24 bits per heavy atom. The van der Waals surface area contributed by atoms with Crippen molar-refractivity contribution in [1.82, 2.24) is 15.5 Å². The van der Waals surface area contributed by atoms with Crippen molar-refractivity contribution in [2.24, 2.45) is 0 Å². The number of aromatic amines is 1. The first-order valence-corrected chi connectivity index (χ1v) is 6.04. The summed E-state index contributed by atoms with van der Waals surface area (Å²) in [6.45, 7) is 6.66. The molecule has 1 aliphatic carbocycles. The van der Waals surface area contributed by atoms with Gasteiger partial charge in [-0.1, -0.05) is 20.8 Å². The molecule has 1 fully saturated rings. The van der Waals surface area contributed by atoms with Crippen molar-refractivity contribution in [1.29, 1.82) is 0 Å². The van der Waals surface area contributed by atoms with E-state index in [9.17, 15) is 4.79 Å². The van der Waals surface area contributed by atoms with Gasteiger partial charge in [0.15, 0.2) is 5.82 Å². The molecular formula is C12H20N4O. The molecule has 0 aromatic carbocycles. The summed E-state index contributed by atoms with van der Waals surface area (Å²) in [4.78, 5) is 11.6. The van der Waals surface area contributed by atoms with E-state index < -0.39 is 0 Å². The van der Waals surface area contributed by atoms with Gasteiger partial charge < -0.3 is 10.6 Å². The summed E-state index contributed by atoms with van der Waals surface area (Å²) in [5.41, 5.74) is 1.03. The molecule has 1 saturated carbocycles. The van der Waals surface area contributed by atoms with E-state index in [1.54, 1.807) is 0 Å². The van der Waals surface area contributed by atoms with Crippen LogP contribution in [0.15, 0.2) is 6.07 Å². The van der Waals surface area contributed by atoms with Gasteiger partial charge in [0.25, 0.3) is 0 Å². The van der Waals surface area contributed by atoms with Crippen molar-refractivity contribution in [3.8, 4) is 0 Å². The zero-order chi connectivity index (χ0) is 12.5. The molecule has 1 aromatic rings. The van der Waals surface area contributed by atoms with E-state index in [4.69, 9.17) is 0 Å². The van der Waals surface area contributed by atoms with Gasteiger partial charge in [0.2, 0.25) is 5.91 Å². The van der Waals surface area contributed by atoms with Gasteiger partial charge in [-0.15, -0.1) is 0 Å². The summed E-state index contributed by atoms with van der Waals surface area (Å²) < 4.78 is 0. The Morgan fingerprint density at radius 1 is 1.53 bits per heavy atom. The molecular weight excluding hydrogens is 216 g/mol. The van der Waals surface area contributed by atoms with Gasteiger partial charge in [-0.25, -0.2) is 0 Å². The summed E-state index contributed by atoms with van der Waals surface area (Å²) in [5, 5.41) is 13.0. The highest BCUT2D eigenvalue weighted by atomic mass is 16.2. The number of H-pyrrole nitrogens is 1. The first-order valence-electron chi connectivity index (χ1n) is 6.04. The number of aromatic nitrogens is 2. The fourth-order valence-electron chi connectivity index (χ4n) is 1.48. The zero-order valence-electron chi connectivity index (χ0n) is 10.6. The van der Waals surface area contributed by atoms with Crippen molar-refractivity contribution in [2.75, 3.05) is 11.9 Å². The Balaban J connectivity index is 1.85. The van der Waals surface area contributed by atoms with Crippen LogP contribution in [0.4, 0.5) is 5.82 Å². The van der Waals surface area contributed by atoms with Gasteiger partial charge in [0.1, 0.15) is 0 Å². The van der Waals surface area contributed by atoms with E-state index in [1.807, 2.05) is 6.07 Å². The molecule has 0 atom stereocenters. The molecule has 0 bridgehead atoms. The summed E-state index contributed by atoms with van der Waals surface area (Å²) in [7, 11) is 0. The third-order valence-electron chi connectivity index (χ3n) is 2.78. The van der Waals surface area contributed by atoms with Crippen LogP contribution in [0.3, 0.4) is 0 Å². The number of nitrogens with zero attached hydrogens (tertiary/aromatic N) is 1. The second kappa shape index (κ2) is 4.49. The van der Waals surface area contributed by atoms with Crippen molar-refractivity contribution in [2.45, 2.75) is 45.1 Å². The highest BCUT2D eigenvalue weighted by molar-refractivity contribution is 5.91. The first kappa shape index (κ1) is 12.1. The van der Waals surface area contributed by atoms with Gasteiger partial charge in [-0.3, -0.25) is 9.89 Å². The highest BCUT2D eigenvalue weighted by Gasteiger charge is 2.21. The van der Waals surface area contributed by atoms with Gasteiger partial charge in [0.05, 0.1) is 6.54 Å². The molecule has 5 nitrogen and oxygen atoms in total. The second-order valence-electron chi connectivity index (χ2n) is 5.62. The maximum atomic E-state index is 11.6. The van der Waals surface area contributed by atoms with Crippen LogP contribution in [0, 0.1) is 0 Å². The van der Waals surface area contributed by atoms with Crippen LogP contribution in [-0.4, -0.2) is 28.7 Å². The molecule has 1 heterocycles. The molecule has 2 rings (SSSR count). The molecule has 1 aliphatic rings. The van der Waals surface area contributed by atoms with Crippen molar-refractivity contribution >= 4 is 11.7 Å². The van der Waals surface area contributed by atoms with Crippen molar-refractivity contribution in [3.63, 3.8) is 0 Å². The molecule has 0 radical (unpaired) electrons. The van der Waals surface area contributed by atoms with Crippen LogP contribution in [-0.2, 0) is 10.2 Å². The van der Waals surface area contributed by atoms with E-state index in [-0.39, 0.29) is 11.3 Å². The SMILES string of the molecule is CC(C)(C)c1cc(NC(=O)CNC2CC2)n[nH]1. The summed E-state index contributed by atoms with van der Waals surface area (Å²) in [6, 6.07) is 2.43. The third kappa shape index (κ3) is 3.56. The molecule has 3 N–H and O–H groups in total. The number of rotatable bonds is 4. The lowest BCUT2D eigenvalue weighted by molar-refractivity contribution is -0.115. The molecule has 5 heteroatoms. The standard InChI is InChI=1S/C12H20N4O/c1-12(2,3)9-6-10(16-15-9)14-11(17)7-13-8-4-5-8/h6,8,13H,4-5,7H2,1-3H3,(H2,14,15,16,17). The van der Waals surface area contributed by atoms with Crippen LogP contribution in [0.1, 0.15) is 39.3 Å². The lowest BCUT2D eigenvalue weighted by Gasteiger charge is -2.14. The zero-order valence-corrected chi connectivity index (χ0v) is 10.6. The Hall–Kier alpha value is -1.36. The summed E-state index contributed by atoms with van der Waals surface area (Å²) in [5.74, 6) is 0.557. The highest BCUT2D eigenvalue weighted by Crippen LogP contribution is 2.22. The lowest BCUT2D eigenvalue weighted by Crippen LogP contribution is -2.29. The number of amides is 1. The molecule has 94 valence electrons. The van der Waals surface area contributed by atoms with Crippen LogP contribution >= 0.6 is 0 Å². The number of nitrogens with one attached hydrogen (secondary N) is 3. The Bertz CT molecular complexity index is 401. The fourth-order valence-corrected chi connectivity index (χ4v) is 1.48. The van der Waals surface area contributed by atoms with E-state index in [0.717, 1.165) is 5.69 Å². The molecule has 0 spiro atoms. The van der Waals surface area contributed by atoms with Crippen molar-refractivity contribution in [3.05, 3.63) is 11.8 Å². The second-order valence-corrected chi connectivity index (χ2v) is 5.62. The molecule has 1 aromatic heterocycles. The smallest absolute Gasteiger partial charge is 0.239 e. The maximum Gasteiger partial charge on any atom is 0.239 e. The van der Waals surface area contributed by atoms with E-state index in [0.29, 0.717) is 18.4 Å². The molecule has 0 unspecified atom stereocenters. The molecule has 0 saturated heterocycles. The predicted molar refractivity (Wildman–Crippen MR) is 66.9 cm³/mol. The van der Waals surface area contributed by atoms with Crippen LogP contribution in [0.25, 0.3) is 0 Å². The fraction of sp³-hybridized carbons (Fsp3) is 0.667. The molecule has 17 heavy (non-hydrogen) atoms. The summed E-state index contributed by atoms with van der Waals surface area (Å²) in [6.07, 6.45) is 2.37. The van der Waals surface area contributed by atoms with Gasteiger partial charge in [-0.2, -0.15) is 5.10 Å². The number of hydrogen-bond donors (Lipinski definition) is 3. The van der Waals surface area contributed by atoms with Crippen molar-refractivity contribution < 1.29 is 4.79 Å². The average Bonchev–Trinajstić information content (AvgIpc) is 2.93. The van der Waals surface area contributed by atoms with E-state index >= 15 is 0 Å². The van der Waals surface area contributed by atoms with Crippen LogP contribution in [0.5, 0.6) is 0 Å². The average molecular weight is 236 g/mol. The first-order chi connectivity index (χ1) is 7.95. The number of carbonyl (C=O) groups excluding carboxylic acids is 1. The monoisotopic (exact) mass is 236 g/mol. The topological polar surface area (TPSA) is 69.8 Å². The Kier molecular flexibility index (Phi) is 3.19. The lowest BCUT2D eigenvalue weighted by atomic mass is 9.92. The quantitative estimate of drug-likeness (QED) is 0.740. The number of anilines is 1. The van der Waals surface area contributed by atoms with Gasteiger partial charge in [0, 0.05) is 23.2 Å². The maximum absolute atomic E-state index is 11.6. The van der Waals surface area contributed by atoms with E-state index in [2.05, 4.69) is 41.6 Å². The van der Waals surface area contributed by atoms with Crippen LogP contribution in [0.2, 0.25) is 0 Å².